The normalized spacial score (nSPS) is 22.3. The molecule has 0 saturated heterocycles. The van der Waals surface area contributed by atoms with Gasteiger partial charge in [0.2, 0.25) is 0 Å². The van der Waals surface area contributed by atoms with Crippen LogP contribution in [-0.2, 0) is 9.59 Å². The van der Waals surface area contributed by atoms with Crippen LogP contribution in [0.3, 0.4) is 0 Å². The molecular weight excluding hydrogens is 164 g/mol. The second-order valence-corrected chi connectivity index (χ2v) is 3.35. The van der Waals surface area contributed by atoms with E-state index in [9.17, 15) is 9.59 Å². The maximum atomic E-state index is 11.4. The predicted molar refractivity (Wildman–Crippen MR) is 48.4 cm³/mol. The molecular formula is C11H10O2. The van der Waals surface area contributed by atoms with E-state index in [0.29, 0.717) is 6.42 Å². The summed E-state index contributed by atoms with van der Waals surface area (Å²) in [6.07, 6.45) is 0.516. The highest BCUT2D eigenvalue weighted by Crippen LogP contribution is 2.28. The lowest BCUT2D eigenvalue weighted by atomic mass is 9.97. The van der Waals surface area contributed by atoms with E-state index in [4.69, 9.17) is 0 Å². The highest BCUT2D eigenvalue weighted by Gasteiger charge is 2.31. The Bertz CT molecular complexity index is 340. The maximum absolute atomic E-state index is 11.4. The van der Waals surface area contributed by atoms with Gasteiger partial charge in [-0.1, -0.05) is 30.3 Å². The van der Waals surface area contributed by atoms with E-state index in [1.165, 1.54) is 0 Å². The minimum atomic E-state index is -0.173. The van der Waals surface area contributed by atoms with Gasteiger partial charge in [-0.3, -0.25) is 9.59 Å². The van der Waals surface area contributed by atoms with Gasteiger partial charge in [0, 0.05) is 6.42 Å². The number of ketones is 2. The summed E-state index contributed by atoms with van der Waals surface area (Å²) in [6, 6.07) is 9.50. The summed E-state index contributed by atoms with van der Waals surface area (Å²) in [6.45, 7) is 0. The molecule has 0 bridgehead atoms. The van der Waals surface area contributed by atoms with Crippen LogP contribution >= 0.6 is 0 Å². The molecule has 2 rings (SSSR count). The highest BCUT2D eigenvalue weighted by molar-refractivity contribution is 6.09. The Morgan fingerprint density at radius 3 is 2.31 bits per heavy atom. The molecule has 0 N–H and O–H groups in total. The largest absolute Gasteiger partial charge is 0.299 e. The third-order valence-electron chi connectivity index (χ3n) is 2.39. The minimum Gasteiger partial charge on any atom is -0.299 e. The SMILES string of the molecule is O=C1CC(=O)C(c2ccccc2)C1. The Hall–Kier alpha value is -1.44. The Labute approximate surface area is 76.6 Å². The summed E-state index contributed by atoms with van der Waals surface area (Å²) in [5, 5.41) is 0. The smallest absolute Gasteiger partial charge is 0.148 e. The first-order valence-electron chi connectivity index (χ1n) is 4.37. The Balaban J connectivity index is 2.28. The molecule has 2 nitrogen and oxygen atoms in total. The van der Waals surface area contributed by atoms with Gasteiger partial charge in [0.15, 0.2) is 0 Å². The fraction of sp³-hybridized carbons (Fsp3) is 0.273. The molecule has 1 fully saturated rings. The summed E-state index contributed by atoms with van der Waals surface area (Å²) in [7, 11) is 0. The van der Waals surface area contributed by atoms with Crippen LogP contribution in [0, 0.1) is 0 Å². The second kappa shape index (κ2) is 3.13. The maximum Gasteiger partial charge on any atom is 0.148 e. The minimum absolute atomic E-state index is 0.0659. The zero-order chi connectivity index (χ0) is 9.26. The lowest BCUT2D eigenvalue weighted by Gasteiger charge is -2.05. The molecule has 1 aliphatic rings. The Kier molecular flexibility index (Phi) is 1.97. The van der Waals surface area contributed by atoms with Gasteiger partial charge in [0.25, 0.3) is 0 Å². The van der Waals surface area contributed by atoms with Crippen molar-refractivity contribution in [2.75, 3.05) is 0 Å². The first-order valence-corrected chi connectivity index (χ1v) is 4.37. The van der Waals surface area contributed by atoms with Crippen LogP contribution in [0.15, 0.2) is 30.3 Å². The average Bonchev–Trinajstić information content (AvgIpc) is 2.47. The monoisotopic (exact) mass is 174 g/mol. The number of carbonyl (C=O) groups is 2. The molecule has 0 heterocycles. The molecule has 1 atom stereocenters. The van der Waals surface area contributed by atoms with Crippen LogP contribution < -0.4 is 0 Å². The van der Waals surface area contributed by atoms with Crippen LogP contribution in [0.4, 0.5) is 0 Å². The van der Waals surface area contributed by atoms with Gasteiger partial charge in [-0.15, -0.1) is 0 Å². The first-order chi connectivity index (χ1) is 6.27. The third kappa shape index (κ3) is 1.52. The van der Waals surface area contributed by atoms with E-state index in [1.54, 1.807) is 0 Å². The molecule has 1 aliphatic carbocycles. The van der Waals surface area contributed by atoms with Crippen molar-refractivity contribution < 1.29 is 9.59 Å². The van der Waals surface area contributed by atoms with Crippen molar-refractivity contribution in [3.8, 4) is 0 Å². The summed E-state index contributed by atoms with van der Waals surface area (Å²) >= 11 is 0. The fourth-order valence-corrected chi connectivity index (χ4v) is 1.72. The van der Waals surface area contributed by atoms with Crippen LogP contribution in [0.25, 0.3) is 0 Å². The van der Waals surface area contributed by atoms with Gasteiger partial charge < -0.3 is 0 Å². The van der Waals surface area contributed by atoms with Crippen LogP contribution in [-0.4, -0.2) is 11.6 Å². The quantitative estimate of drug-likeness (QED) is 0.607. The number of Topliss-reactive ketones (excluding diaryl/α,β-unsaturated/α-hetero) is 2. The summed E-state index contributed by atoms with van der Waals surface area (Å²) in [5.41, 5.74) is 0.971. The lowest BCUT2D eigenvalue weighted by molar-refractivity contribution is -0.121. The van der Waals surface area contributed by atoms with E-state index in [0.717, 1.165) is 5.56 Å². The lowest BCUT2D eigenvalue weighted by Crippen LogP contribution is -2.03. The van der Waals surface area contributed by atoms with E-state index in [1.807, 2.05) is 30.3 Å². The molecule has 0 aromatic heterocycles. The summed E-state index contributed by atoms with van der Waals surface area (Å²) < 4.78 is 0. The number of rotatable bonds is 1. The zero-order valence-electron chi connectivity index (χ0n) is 7.19. The van der Waals surface area contributed by atoms with Crippen molar-refractivity contribution in [2.24, 2.45) is 0 Å². The molecule has 66 valence electrons. The Morgan fingerprint density at radius 1 is 1.08 bits per heavy atom. The van der Waals surface area contributed by atoms with Crippen LogP contribution in [0.1, 0.15) is 24.3 Å². The Morgan fingerprint density at radius 2 is 1.77 bits per heavy atom. The third-order valence-corrected chi connectivity index (χ3v) is 2.39. The van der Waals surface area contributed by atoms with Gasteiger partial charge in [-0.2, -0.15) is 0 Å². The zero-order valence-corrected chi connectivity index (χ0v) is 7.19. The topological polar surface area (TPSA) is 34.1 Å². The van der Waals surface area contributed by atoms with Gasteiger partial charge in [-0.25, -0.2) is 0 Å². The molecule has 0 spiro atoms. The molecule has 1 aromatic rings. The predicted octanol–water partition coefficient (Wildman–Crippen LogP) is 1.70. The molecule has 0 radical (unpaired) electrons. The van der Waals surface area contributed by atoms with Crippen molar-refractivity contribution in [3.05, 3.63) is 35.9 Å². The van der Waals surface area contributed by atoms with Gasteiger partial charge in [0.05, 0.1) is 12.3 Å². The number of hydrogen-bond donors (Lipinski definition) is 0. The average molecular weight is 174 g/mol. The number of hydrogen-bond acceptors (Lipinski definition) is 2. The van der Waals surface area contributed by atoms with Gasteiger partial charge >= 0.3 is 0 Å². The number of carbonyl (C=O) groups excluding carboxylic acids is 2. The fourth-order valence-electron chi connectivity index (χ4n) is 1.72. The first kappa shape index (κ1) is 8.17. The standard InChI is InChI=1S/C11H10O2/c12-9-6-10(11(13)7-9)8-4-2-1-3-5-8/h1-5,10H,6-7H2. The summed E-state index contributed by atoms with van der Waals surface area (Å²) in [5.74, 6) is -0.0382. The van der Waals surface area contributed by atoms with Crippen molar-refractivity contribution in [2.45, 2.75) is 18.8 Å². The van der Waals surface area contributed by atoms with E-state index in [-0.39, 0.29) is 23.9 Å². The molecule has 1 saturated carbocycles. The van der Waals surface area contributed by atoms with E-state index in [2.05, 4.69) is 0 Å². The van der Waals surface area contributed by atoms with E-state index < -0.39 is 0 Å². The molecule has 13 heavy (non-hydrogen) atoms. The van der Waals surface area contributed by atoms with Crippen LogP contribution in [0.5, 0.6) is 0 Å². The van der Waals surface area contributed by atoms with Gasteiger partial charge in [-0.05, 0) is 5.56 Å². The molecule has 2 heteroatoms. The van der Waals surface area contributed by atoms with Crippen molar-refractivity contribution in [1.29, 1.82) is 0 Å². The molecule has 1 unspecified atom stereocenters. The molecule has 1 aromatic carbocycles. The molecule has 0 amide bonds. The second-order valence-electron chi connectivity index (χ2n) is 3.35. The van der Waals surface area contributed by atoms with Crippen molar-refractivity contribution >= 4 is 11.6 Å². The van der Waals surface area contributed by atoms with Crippen molar-refractivity contribution in [1.82, 2.24) is 0 Å². The molecule has 0 aliphatic heterocycles. The van der Waals surface area contributed by atoms with Gasteiger partial charge in [0.1, 0.15) is 11.6 Å². The number of benzene rings is 1. The van der Waals surface area contributed by atoms with Crippen molar-refractivity contribution in [3.63, 3.8) is 0 Å². The highest BCUT2D eigenvalue weighted by atomic mass is 16.2. The van der Waals surface area contributed by atoms with Crippen LogP contribution in [0.2, 0.25) is 0 Å². The summed E-state index contributed by atoms with van der Waals surface area (Å²) in [4.78, 5) is 22.4. The van der Waals surface area contributed by atoms with E-state index >= 15 is 0 Å².